The van der Waals surface area contributed by atoms with Gasteiger partial charge in [-0.2, -0.15) is 0 Å². The Balaban J connectivity index is 0.000000861. The maximum Gasteiger partial charge on any atom is 0.339 e. The van der Waals surface area contributed by atoms with E-state index in [2.05, 4.69) is 0 Å². The Labute approximate surface area is 112 Å². The van der Waals surface area contributed by atoms with Crippen molar-refractivity contribution in [3.63, 3.8) is 0 Å². The Morgan fingerprint density at radius 3 is 2.37 bits per heavy atom. The number of aromatic carboxylic acids is 1. The van der Waals surface area contributed by atoms with Crippen LogP contribution in [0.25, 0.3) is 0 Å². The highest BCUT2D eigenvalue weighted by Crippen LogP contribution is 2.33. The van der Waals surface area contributed by atoms with E-state index < -0.39 is 12.3 Å². The summed E-state index contributed by atoms with van der Waals surface area (Å²) < 4.78 is 10.7. The number of hydrogen-bond donors (Lipinski definition) is 2. The molecule has 0 amide bonds. The predicted molar refractivity (Wildman–Crippen MR) is 70.4 cm³/mol. The lowest BCUT2D eigenvalue weighted by atomic mass is 10.0. The zero-order chi connectivity index (χ0) is 14.4. The Kier molecular flexibility index (Phi) is 5.79. The Morgan fingerprint density at radius 2 is 1.84 bits per heavy atom. The van der Waals surface area contributed by atoms with E-state index in [9.17, 15) is 9.90 Å². The molecule has 5 heteroatoms. The molecule has 0 spiro atoms. The van der Waals surface area contributed by atoms with Crippen molar-refractivity contribution in [1.29, 1.82) is 0 Å². The minimum atomic E-state index is -1.16. The fourth-order valence-corrected chi connectivity index (χ4v) is 1.82. The quantitative estimate of drug-likeness (QED) is 0.862. The first kappa shape index (κ1) is 15.5. The van der Waals surface area contributed by atoms with Crippen molar-refractivity contribution in [1.82, 2.24) is 0 Å². The smallest absolute Gasteiger partial charge is 0.339 e. The molecule has 0 radical (unpaired) electrons. The summed E-state index contributed by atoms with van der Waals surface area (Å²) in [5, 5.41) is 18.9. The fourth-order valence-electron chi connectivity index (χ4n) is 1.82. The molecule has 0 bridgehead atoms. The summed E-state index contributed by atoms with van der Waals surface area (Å²) in [6.45, 7) is 6.85. The molecule has 0 aliphatic carbocycles. The van der Waals surface area contributed by atoms with E-state index >= 15 is 0 Å². The van der Waals surface area contributed by atoms with Crippen LogP contribution in [0.15, 0.2) is 12.1 Å². The number of carbonyl (C=O) groups is 1. The molecule has 19 heavy (non-hydrogen) atoms. The molecule has 1 aliphatic rings. The van der Waals surface area contributed by atoms with Crippen LogP contribution in [0.2, 0.25) is 0 Å². The van der Waals surface area contributed by atoms with Crippen LogP contribution in [0.3, 0.4) is 0 Å². The second-order valence-electron chi connectivity index (χ2n) is 3.98. The monoisotopic (exact) mass is 268 g/mol. The summed E-state index contributed by atoms with van der Waals surface area (Å²) >= 11 is 0. The summed E-state index contributed by atoms with van der Waals surface area (Å²) in [6, 6.07) is 3.10. The molecular weight excluding hydrogens is 248 g/mol. The summed E-state index contributed by atoms with van der Waals surface area (Å²) in [4.78, 5) is 11.0. The lowest BCUT2D eigenvalue weighted by Crippen LogP contribution is -2.18. The van der Waals surface area contributed by atoms with Gasteiger partial charge in [-0.25, -0.2) is 4.79 Å². The van der Waals surface area contributed by atoms with E-state index in [0.717, 1.165) is 12.0 Å². The van der Waals surface area contributed by atoms with Crippen molar-refractivity contribution >= 4 is 5.97 Å². The van der Waals surface area contributed by atoms with E-state index in [1.165, 1.54) is 6.07 Å². The molecule has 0 saturated carbocycles. The highest BCUT2D eigenvalue weighted by Gasteiger charge is 2.24. The van der Waals surface area contributed by atoms with Crippen LogP contribution in [-0.2, 0) is 9.47 Å². The summed E-state index contributed by atoms with van der Waals surface area (Å²) in [6.07, 6.45) is 0.122. The van der Waals surface area contributed by atoms with Crippen molar-refractivity contribution < 1.29 is 24.5 Å². The van der Waals surface area contributed by atoms with Crippen LogP contribution in [0.1, 0.15) is 48.0 Å². The molecule has 0 aromatic heterocycles. The molecule has 1 aliphatic heterocycles. The highest BCUT2D eigenvalue weighted by molar-refractivity contribution is 5.91. The van der Waals surface area contributed by atoms with E-state index in [1.807, 2.05) is 13.8 Å². The van der Waals surface area contributed by atoms with Crippen LogP contribution >= 0.6 is 0 Å². The molecule has 1 heterocycles. The minimum absolute atomic E-state index is 0.127. The zero-order valence-corrected chi connectivity index (χ0v) is 11.5. The number of ether oxygens (including phenoxy) is 2. The van der Waals surface area contributed by atoms with Crippen molar-refractivity contribution in [2.75, 3.05) is 13.2 Å². The van der Waals surface area contributed by atoms with Gasteiger partial charge in [-0.3, -0.25) is 0 Å². The largest absolute Gasteiger partial charge is 0.507 e. The van der Waals surface area contributed by atoms with Gasteiger partial charge >= 0.3 is 5.97 Å². The molecule has 2 rings (SSSR count). The van der Waals surface area contributed by atoms with Gasteiger partial charge in [0, 0.05) is 0 Å². The lowest BCUT2D eigenvalue weighted by Gasteiger charge is -2.24. The molecule has 1 saturated heterocycles. The summed E-state index contributed by atoms with van der Waals surface area (Å²) in [5.41, 5.74) is 0.993. The first-order valence-corrected chi connectivity index (χ1v) is 6.39. The van der Waals surface area contributed by atoms with Crippen molar-refractivity contribution in [2.45, 2.75) is 33.5 Å². The van der Waals surface area contributed by atoms with Gasteiger partial charge in [0.1, 0.15) is 11.3 Å². The molecule has 0 atom stereocenters. The predicted octanol–water partition coefficient (Wildman–Crippen LogP) is 2.86. The van der Waals surface area contributed by atoms with Crippen LogP contribution < -0.4 is 0 Å². The van der Waals surface area contributed by atoms with Crippen LogP contribution in [0.4, 0.5) is 0 Å². The van der Waals surface area contributed by atoms with Gasteiger partial charge < -0.3 is 19.7 Å². The minimum Gasteiger partial charge on any atom is -0.507 e. The van der Waals surface area contributed by atoms with Gasteiger partial charge in [0.25, 0.3) is 0 Å². The number of rotatable bonds is 2. The highest BCUT2D eigenvalue weighted by atomic mass is 16.7. The molecule has 106 valence electrons. The number of phenols is 1. The molecule has 1 aromatic rings. The number of hydrogen-bond acceptors (Lipinski definition) is 4. The first-order valence-electron chi connectivity index (χ1n) is 6.39. The number of aryl methyl sites for hydroxylation is 1. The molecular formula is C14H20O5. The van der Waals surface area contributed by atoms with Crippen molar-refractivity contribution in [2.24, 2.45) is 0 Å². The van der Waals surface area contributed by atoms with Crippen LogP contribution in [-0.4, -0.2) is 29.4 Å². The van der Waals surface area contributed by atoms with Gasteiger partial charge in [0.15, 0.2) is 6.29 Å². The van der Waals surface area contributed by atoms with Gasteiger partial charge in [-0.05, 0) is 31.0 Å². The Hall–Kier alpha value is -1.59. The maximum atomic E-state index is 11.0. The average molecular weight is 268 g/mol. The fraction of sp³-hybridized carbons (Fsp3) is 0.500. The van der Waals surface area contributed by atoms with Gasteiger partial charge in [-0.15, -0.1) is 0 Å². The molecule has 0 unspecified atom stereocenters. The average Bonchev–Trinajstić information content (AvgIpc) is 2.44. The number of aromatic hydroxyl groups is 1. The first-order chi connectivity index (χ1) is 9.09. The normalized spacial score (nSPS) is 15.5. The summed E-state index contributed by atoms with van der Waals surface area (Å²) in [5.74, 6) is -1.45. The maximum absolute atomic E-state index is 11.0. The van der Waals surface area contributed by atoms with Crippen LogP contribution in [0, 0.1) is 6.92 Å². The van der Waals surface area contributed by atoms with E-state index in [-0.39, 0.29) is 11.3 Å². The topological polar surface area (TPSA) is 76.0 Å². The second-order valence-corrected chi connectivity index (χ2v) is 3.98. The lowest BCUT2D eigenvalue weighted by molar-refractivity contribution is -0.183. The molecule has 5 nitrogen and oxygen atoms in total. The number of carboxylic acids is 1. The third-order valence-electron chi connectivity index (χ3n) is 2.60. The SMILES string of the molecule is CC.Cc1cc(C(=O)O)c(O)c(C2OCCCO2)c1. The van der Waals surface area contributed by atoms with E-state index in [4.69, 9.17) is 14.6 Å². The Morgan fingerprint density at radius 1 is 1.26 bits per heavy atom. The van der Waals surface area contributed by atoms with Crippen LogP contribution in [0.5, 0.6) is 5.75 Å². The third kappa shape index (κ3) is 3.68. The molecule has 2 N–H and O–H groups in total. The van der Waals surface area contributed by atoms with Crippen molar-refractivity contribution in [3.8, 4) is 5.75 Å². The standard InChI is InChI=1S/C12H14O5.C2H6/c1-7-5-8(11(14)15)10(13)9(6-7)12-16-3-2-4-17-12;1-2/h5-6,12-13H,2-4H2,1H3,(H,14,15);1-2H3. The number of carboxylic acid groups (broad SMARTS) is 1. The van der Waals surface area contributed by atoms with Gasteiger partial charge in [-0.1, -0.05) is 13.8 Å². The van der Waals surface area contributed by atoms with Gasteiger partial charge in [0.2, 0.25) is 0 Å². The summed E-state index contributed by atoms with van der Waals surface area (Å²) in [7, 11) is 0. The second kappa shape index (κ2) is 7.11. The molecule has 1 aromatic carbocycles. The van der Waals surface area contributed by atoms with E-state index in [1.54, 1.807) is 13.0 Å². The van der Waals surface area contributed by atoms with Gasteiger partial charge in [0.05, 0.1) is 18.8 Å². The van der Waals surface area contributed by atoms with E-state index in [0.29, 0.717) is 18.8 Å². The zero-order valence-electron chi connectivity index (χ0n) is 11.5. The third-order valence-corrected chi connectivity index (χ3v) is 2.60. The molecule has 1 fully saturated rings. The Bertz CT molecular complexity index is 436. The number of benzene rings is 1. The van der Waals surface area contributed by atoms with Crippen molar-refractivity contribution in [3.05, 3.63) is 28.8 Å².